The van der Waals surface area contributed by atoms with Crippen LogP contribution in [-0.4, -0.2) is 23.8 Å². The summed E-state index contributed by atoms with van der Waals surface area (Å²) in [5.74, 6) is -0.814. The van der Waals surface area contributed by atoms with Crippen molar-refractivity contribution in [3.8, 4) is 0 Å². The largest absolute Gasteiger partial charge is 0.365 e. The van der Waals surface area contributed by atoms with Crippen molar-refractivity contribution in [1.82, 2.24) is 0 Å². The monoisotopic (exact) mass is 300 g/mol. The van der Waals surface area contributed by atoms with E-state index in [0.717, 1.165) is 25.0 Å². The number of rotatable bonds is 3. The molecule has 0 N–H and O–H groups in total. The first-order chi connectivity index (χ1) is 9.40. The second-order valence-corrected chi connectivity index (χ2v) is 5.32. The molecule has 20 heavy (non-hydrogen) atoms. The average Bonchev–Trinajstić information content (AvgIpc) is 2.41. The number of anilines is 1. The summed E-state index contributed by atoms with van der Waals surface area (Å²) in [6, 6.07) is 2.09. The van der Waals surface area contributed by atoms with Gasteiger partial charge in [0.05, 0.1) is 9.95 Å². The van der Waals surface area contributed by atoms with Crippen LogP contribution in [0, 0.1) is 21.8 Å². The van der Waals surface area contributed by atoms with Gasteiger partial charge in [-0.15, -0.1) is 0 Å². The van der Waals surface area contributed by atoms with Crippen molar-refractivity contribution in [3.63, 3.8) is 0 Å². The maximum absolute atomic E-state index is 13.6. The second kappa shape index (κ2) is 5.75. The van der Waals surface area contributed by atoms with Crippen LogP contribution in [0.4, 0.5) is 15.8 Å². The van der Waals surface area contributed by atoms with E-state index in [2.05, 4.69) is 0 Å². The zero-order valence-electron chi connectivity index (χ0n) is 10.9. The molecule has 0 saturated carbocycles. The number of nitro benzene ring substituents is 1. The molecule has 0 spiro atoms. The number of hydrogen-bond acceptors (Lipinski definition) is 4. The van der Waals surface area contributed by atoms with Crippen molar-refractivity contribution >= 4 is 28.8 Å². The van der Waals surface area contributed by atoms with Crippen LogP contribution in [0.2, 0.25) is 5.02 Å². The lowest BCUT2D eigenvalue weighted by molar-refractivity contribution is -0.384. The van der Waals surface area contributed by atoms with Gasteiger partial charge in [-0.25, -0.2) is 4.39 Å². The van der Waals surface area contributed by atoms with Crippen LogP contribution in [0.5, 0.6) is 0 Å². The van der Waals surface area contributed by atoms with Gasteiger partial charge in [0.2, 0.25) is 0 Å². The van der Waals surface area contributed by atoms with Crippen molar-refractivity contribution in [2.45, 2.75) is 19.8 Å². The number of halogens is 2. The van der Waals surface area contributed by atoms with Gasteiger partial charge in [0.15, 0.2) is 0 Å². The maximum Gasteiger partial charge on any atom is 0.294 e. The lowest BCUT2D eigenvalue weighted by atomic mass is 9.94. The molecule has 5 nitrogen and oxygen atoms in total. The first-order valence-corrected chi connectivity index (χ1v) is 6.66. The fourth-order valence-electron chi connectivity index (χ4n) is 2.45. The third-order valence-corrected chi connectivity index (χ3v) is 3.84. The number of ketones is 1. The number of carbonyl (C=O) groups is 1. The Morgan fingerprint density at radius 3 is 2.85 bits per heavy atom. The summed E-state index contributed by atoms with van der Waals surface area (Å²) in [6.07, 6.45) is 1.50. The van der Waals surface area contributed by atoms with Crippen LogP contribution in [0.15, 0.2) is 12.1 Å². The predicted octanol–water partition coefficient (Wildman–Crippen LogP) is 3.19. The molecule has 1 aromatic carbocycles. The summed E-state index contributed by atoms with van der Waals surface area (Å²) in [7, 11) is 0. The van der Waals surface area contributed by atoms with Gasteiger partial charge < -0.3 is 4.90 Å². The molecule has 1 aliphatic rings. The number of Topliss-reactive ketones (excluding diaryl/α,β-unsaturated/α-hetero) is 1. The molecule has 1 atom stereocenters. The van der Waals surface area contributed by atoms with Crippen molar-refractivity contribution in [2.24, 2.45) is 5.92 Å². The van der Waals surface area contributed by atoms with Gasteiger partial charge in [0.25, 0.3) is 5.69 Å². The first-order valence-electron chi connectivity index (χ1n) is 6.29. The quantitative estimate of drug-likeness (QED) is 0.635. The summed E-state index contributed by atoms with van der Waals surface area (Å²) in [5, 5.41) is 10.8. The van der Waals surface area contributed by atoms with Gasteiger partial charge in [0.1, 0.15) is 17.3 Å². The summed E-state index contributed by atoms with van der Waals surface area (Å²) in [6.45, 7) is 2.44. The molecule has 0 amide bonds. The number of nitrogens with zero attached hydrogens (tertiary/aromatic N) is 2. The van der Waals surface area contributed by atoms with Crippen LogP contribution < -0.4 is 4.90 Å². The number of carbonyl (C=O) groups excluding carboxylic acids is 1. The minimum absolute atomic E-state index is 0.0480. The van der Waals surface area contributed by atoms with Crippen molar-refractivity contribution in [3.05, 3.63) is 33.1 Å². The Morgan fingerprint density at radius 1 is 1.55 bits per heavy atom. The van der Waals surface area contributed by atoms with Crippen molar-refractivity contribution < 1.29 is 14.1 Å². The molecule has 1 aromatic rings. The number of hydrogen-bond donors (Lipinski definition) is 0. The molecule has 108 valence electrons. The average molecular weight is 301 g/mol. The van der Waals surface area contributed by atoms with E-state index in [9.17, 15) is 19.3 Å². The Morgan fingerprint density at radius 2 is 2.25 bits per heavy atom. The highest BCUT2D eigenvalue weighted by molar-refractivity contribution is 6.31. The Kier molecular flexibility index (Phi) is 4.23. The van der Waals surface area contributed by atoms with E-state index in [1.807, 2.05) is 0 Å². The Labute approximate surface area is 120 Å². The minimum Gasteiger partial charge on any atom is -0.365 e. The van der Waals surface area contributed by atoms with Gasteiger partial charge in [-0.3, -0.25) is 14.9 Å². The highest BCUT2D eigenvalue weighted by atomic mass is 35.5. The fourth-order valence-corrected chi connectivity index (χ4v) is 2.61. The van der Waals surface area contributed by atoms with E-state index in [1.165, 1.54) is 6.92 Å². The number of piperidine rings is 1. The number of benzene rings is 1. The topological polar surface area (TPSA) is 63.5 Å². The smallest absolute Gasteiger partial charge is 0.294 e. The molecule has 7 heteroatoms. The summed E-state index contributed by atoms with van der Waals surface area (Å²) < 4.78 is 13.6. The molecule has 0 aromatic heterocycles. The molecular weight excluding hydrogens is 287 g/mol. The number of nitro groups is 1. The SMILES string of the molecule is CC(=O)C1CCCN(c2cc(F)c(Cl)cc2[N+](=O)[O-])C1. The van der Waals surface area contributed by atoms with Gasteiger partial charge in [-0.1, -0.05) is 11.6 Å². The van der Waals surface area contributed by atoms with E-state index in [4.69, 9.17) is 11.6 Å². The van der Waals surface area contributed by atoms with E-state index in [1.54, 1.807) is 4.90 Å². The van der Waals surface area contributed by atoms with Gasteiger partial charge in [-0.05, 0) is 19.8 Å². The summed E-state index contributed by atoms with van der Waals surface area (Å²) >= 11 is 5.60. The Bertz CT molecular complexity index is 565. The fraction of sp³-hybridized carbons (Fsp3) is 0.462. The molecular formula is C13H14ClFN2O3. The second-order valence-electron chi connectivity index (χ2n) is 4.91. The Balaban J connectivity index is 2.38. The van der Waals surface area contributed by atoms with Crippen LogP contribution in [0.3, 0.4) is 0 Å². The standard InChI is InChI=1S/C13H14ClFN2O3/c1-8(18)9-3-2-4-16(7-9)12-6-11(15)10(14)5-13(12)17(19)20/h5-6,9H,2-4,7H2,1H3. The van der Waals surface area contributed by atoms with E-state index < -0.39 is 10.7 Å². The normalized spacial score (nSPS) is 18.9. The van der Waals surface area contributed by atoms with Crippen molar-refractivity contribution in [1.29, 1.82) is 0 Å². The lowest BCUT2D eigenvalue weighted by Gasteiger charge is -2.33. The van der Waals surface area contributed by atoms with Gasteiger partial charge in [0, 0.05) is 31.1 Å². The zero-order chi connectivity index (χ0) is 14.9. The van der Waals surface area contributed by atoms with E-state index >= 15 is 0 Å². The molecule has 0 aliphatic carbocycles. The van der Waals surface area contributed by atoms with Crippen LogP contribution in [-0.2, 0) is 4.79 Å². The molecule has 0 radical (unpaired) electrons. The molecule has 2 rings (SSSR count). The first kappa shape index (κ1) is 14.7. The third-order valence-electron chi connectivity index (χ3n) is 3.55. The maximum atomic E-state index is 13.6. The predicted molar refractivity (Wildman–Crippen MR) is 73.7 cm³/mol. The van der Waals surface area contributed by atoms with Gasteiger partial charge >= 0.3 is 0 Å². The molecule has 1 heterocycles. The van der Waals surface area contributed by atoms with E-state index in [-0.39, 0.29) is 28.1 Å². The summed E-state index contributed by atoms with van der Waals surface area (Å²) in [5.41, 5.74) is -0.0524. The van der Waals surface area contributed by atoms with Crippen molar-refractivity contribution in [2.75, 3.05) is 18.0 Å². The zero-order valence-corrected chi connectivity index (χ0v) is 11.7. The van der Waals surface area contributed by atoms with Crippen LogP contribution >= 0.6 is 11.6 Å². The summed E-state index contributed by atoms with van der Waals surface area (Å²) in [4.78, 5) is 23.6. The molecule has 1 aliphatic heterocycles. The highest BCUT2D eigenvalue weighted by Gasteiger charge is 2.28. The molecule has 0 bridgehead atoms. The van der Waals surface area contributed by atoms with Crippen LogP contribution in [0.25, 0.3) is 0 Å². The Hall–Kier alpha value is -1.69. The third kappa shape index (κ3) is 2.90. The lowest BCUT2D eigenvalue weighted by Crippen LogP contribution is -2.38. The highest BCUT2D eigenvalue weighted by Crippen LogP contribution is 2.35. The van der Waals surface area contributed by atoms with E-state index in [0.29, 0.717) is 13.1 Å². The molecule has 1 saturated heterocycles. The van der Waals surface area contributed by atoms with Gasteiger partial charge in [-0.2, -0.15) is 0 Å². The molecule has 1 unspecified atom stereocenters. The minimum atomic E-state index is -0.697. The van der Waals surface area contributed by atoms with Crippen LogP contribution in [0.1, 0.15) is 19.8 Å². The molecule has 1 fully saturated rings.